The molecule has 0 bridgehead atoms. The van der Waals surface area contributed by atoms with Crippen molar-refractivity contribution in [2.45, 2.75) is 39.2 Å². The number of carbonyl (C=O) groups excluding carboxylic acids is 1. The van der Waals surface area contributed by atoms with Crippen molar-refractivity contribution in [2.24, 2.45) is 0 Å². The Morgan fingerprint density at radius 2 is 1.96 bits per heavy atom. The van der Waals surface area contributed by atoms with E-state index >= 15 is 0 Å². The molecule has 0 spiro atoms. The predicted octanol–water partition coefficient (Wildman–Crippen LogP) is 2.26. The molecule has 1 unspecified atom stereocenters. The zero-order chi connectivity index (χ0) is 17.0. The Bertz CT molecular complexity index is 638. The number of nitrogens with zero attached hydrogens (tertiary/aromatic N) is 1. The van der Waals surface area contributed by atoms with E-state index in [1.807, 2.05) is 19.1 Å². The quantitative estimate of drug-likeness (QED) is 0.864. The molecule has 1 saturated heterocycles. The topological polar surface area (TPSA) is 66.5 Å². The van der Waals surface area contributed by atoms with Gasteiger partial charge in [-0.05, 0) is 37.0 Å². The largest absolute Gasteiger partial charge is 0.376 e. The van der Waals surface area contributed by atoms with E-state index in [-0.39, 0.29) is 30.0 Å². The van der Waals surface area contributed by atoms with Gasteiger partial charge in [-0.3, -0.25) is 4.79 Å². The van der Waals surface area contributed by atoms with Crippen LogP contribution in [0.25, 0.3) is 0 Å². The molecule has 5 nitrogen and oxygen atoms in total. The van der Waals surface area contributed by atoms with Crippen molar-refractivity contribution in [3.05, 3.63) is 29.8 Å². The maximum Gasteiger partial charge on any atom is 0.242 e. The molecule has 128 valence electrons. The minimum absolute atomic E-state index is 0.0532. The van der Waals surface area contributed by atoms with E-state index in [2.05, 4.69) is 31.3 Å². The maximum absolute atomic E-state index is 12.4. The van der Waals surface area contributed by atoms with Crippen LogP contribution in [0, 0.1) is 0 Å². The lowest BCUT2D eigenvalue weighted by molar-refractivity contribution is -0.130. The molecule has 0 aliphatic carbocycles. The smallest absolute Gasteiger partial charge is 0.242 e. The van der Waals surface area contributed by atoms with E-state index in [9.17, 15) is 13.2 Å². The Morgan fingerprint density at radius 1 is 1.30 bits per heavy atom. The lowest BCUT2D eigenvalue weighted by Crippen LogP contribution is -2.43. The zero-order valence-electron chi connectivity index (χ0n) is 14.1. The van der Waals surface area contributed by atoms with E-state index in [1.165, 1.54) is 5.56 Å². The van der Waals surface area contributed by atoms with Crippen LogP contribution in [0.15, 0.2) is 24.3 Å². The van der Waals surface area contributed by atoms with Gasteiger partial charge in [0.05, 0.1) is 18.1 Å². The Balaban J connectivity index is 1.92. The van der Waals surface area contributed by atoms with Crippen LogP contribution in [0.1, 0.15) is 38.7 Å². The number of likely N-dealkylation sites (N-methyl/N-ethyl adjacent to an activating group) is 1. The summed E-state index contributed by atoms with van der Waals surface area (Å²) in [7, 11) is -2.98. The number of hydrogen-bond acceptors (Lipinski definition) is 4. The molecule has 1 heterocycles. The highest BCUT2D eigenvalue weighted by Crippen LogP contribution is 2.19. The summed E-state index contributed by atoms with van der Waals surface area (Å²) in [5.41, 5.74) is 2.16. The van der Waals surface area contributed by atoms with Gasteiger partial charge in [-0.15, -0.1) is 0 Å². The van der Waals surface area contributed by atoms with Crippen molar-refractivity contribution in [1.82, 2.24) is 4.90 Å². The summed E-state index contributed by atoms with van der Waals surface area (Å²) < 4.78 is 23.2. The van der Waals surface area contributed by atoms with Crippen LogP contribution in [0.5, 0.6) is 0 Å². The summed E-state index contributed by atoms with van der Waals surface area (Å²) in [4.78, 5) is 14.1. The second kappa shape index (κ2) is 7.34. The molecule has 1 aliphatic rings. The lowest BCUT2D eigenvalue weighted by Gasteiger charge is -2.27. The molecule has 1 fully saturated rings. The molecule has 1 atom stereocenters. The van der Waals surface area contributed by atoms with E-state index in [0.717, 1.165) is 5.69 Å². The fourth-order valence-electron chi connectivity index (χ4n) is 2.92. The van der Waals surface area contributed by atoms with Crippen LogP contribution in [-0.2, 0) is 14.6 Å². The number of anilines is 1. The number of sulfone groups is 1. The van der Waals surface area contributed by atoms with Gasteiger partial charge in [0.15, 0.2) is 9.84 Å². The minimum atomic E-state index is -2.98. The molecule has 1 amide bonds. The number of carbonyl (C=O) groups is 1. The number of benzene rings is 1. The molecule has 0 radical (unpaired) electrons. The number of nitrogens with one attached hydrogen (secondary N) is 1. The Hall–Kier alpha value is -1.56. The molecule has 1 aliphatic heterocycles. The average Bonchev–Trinajstić information content (AvgIpc) is 2.86. The first-order valence-corrected chi connectivity index (χ1v) is 9.98. The molecular weight excluding hydrogens is 312 g/mol. The van der Waals surface area contributed by atoms with Crippen LogP contribution < -0.4 is 5.32 Å². The van der Waals surface area contributed by atoms with Crippen molar-refractivity contribution in [1.29, 1.82) is 0 Å². The molecule has 23 heavy (non-hydrogen) atoms. The highest BCUT2D eigenvalue weighted by Gasteiger charge is 2.33. The third kappa shape index (κ3) is 4.70. The van der Waals surface area contributed by atoms with Crippen molar-refractivity contribution in [2.75, 3.05) is 29.9 Å². The summed E-state index contributed by atoms with van der Waals surface area (Å²) in [6.07, 6.45) is 0.547. The second-order valence-electron chi connectivity index (χ2n) is 6.37. The number of rotatable bonds is 6. The third-order valence-corrected chi connectivity index (χ3v) is 6.08. The summed E-state index contributed by atoms with van der Waals surface area (Å²) in [5.74, 6) is 0.703. The normalized spacial score (nSPS) is 19.7. The molecule has 1 N–H and O–H groups in total. The second-order valence-corrected chi connectivity index (χ2v) is 8.60. The van der Waals surface area contributed by atoms with E-state index < -0.39 is 9.84 Å². The summed E-state index contributed by atoms with van der Waals surface area (Å²) in [6.45, 7) is 6.89. The van der Waals surface area contributed by atoms with E-state index in [1.54, 1.807) is 4.90 Å². The standard InChI is InChI=1S/C17H26N2O3S/c1-4-19(16-9-10-23(21,22)12-16)17(20)11-18-15-7-5-14(6-8-15)13(2)3/h5-8,13,16,18H,4,9-12H2,1-3H3. The number of amides is 1. The van der Waals surface area contributed by atoms with Gasteiger partial charge in [0.2, 0.25) is 5.91 Å². The first-order valence-electron chi connectivity index (χ1n) is 8.16. The van der Waals surface area contributed by atoms with Gasteiger partial charge in [-0.2, -0.15) is 0 Å². The van der Waals surface area contributed by atoms with Crippen LogP contribution >= 0.6 is 0 Å². The van der Waals surface area contributed by atoms with Crippen LogP contribution in [0.3, 0.4) is 0 Å². The van der Waals surface area contributed by atoms with Crippen LogP contribution in [0.4, 0.5) is 5.69 Å². The van der Waals surface area contributed by atoms with Crippen molar-refractivity contribution < 1.29 is 13.2 Å². The van der Waals surface area contributed by atoms with Gasteiger partial charge in [-0.25, -0.2) is 8.42 Å². The van der Waals surface area contributed by atoms with Gasteiger partial charge < -0.3 is 10.2 Å². The molecule has 0 saturated carbocycles. The predicted molar refractivity (Wildman–Crippen MR) is 93.5 cm³/mol. The molecule has 1 aromatic rings. The summed E-state index contributed by atoms with van der Waals surface area (Å²) in [6, 6.07) is 7.87. The molecule has 1 aromatic carbocycles. The Labute approximate surface area is 139 Å². The van der Waals surface area contributed by atoms with E-state index in [4.69, 9.17) is 0 Å². The van der Waals surface area contributed by atoms with E-state index in [0.29, 0.717) is 18.9 Å². The van der Waals surface area contributed by atoms with Gasteiger partial charge in [0.25, 0.3) is 0 Å². The molecule has 6 heteroatoms. The Morgan fingerprint density at radius 3 is 2.43 bits per heavy atom. The average molecular weight is 338 g/mol. The van der Waals surface area contributed by atoms with Crippen molar-refractivity contribution in [3.63, 3.8) is 0 Å². The monoisotopic (exact) mass is 338 g/mol. The zero-order valence-corrected chi connectivity index (χ0v) is 14.9. The first kappa shape index (κ1) is 17.8. The molecule has 0 aromatic heterocycles. The third-order valence-electron chi connectivity index (χ3n) is 4.33. The van der Waals surface area contributed by atoms with Gasteiger partial charge in [-0.1, -0.05) is 26.0 Å². The maximum atomic E-state index is 12.4. The first-order chi connectivity index (χ1) is 10.8. The van der Waals surface area contributed by atoms with Crippen molar-refractivity contribution >= 4 is 21.4 Å². The number of hydrogen-bond donors (Lipinski definition) is 1. The lowest BCUT2D eigenvalue weighted by atomic mass is 10.0. The van der Waals surface area contributed by atoms with Gasteiger partial charge in [0, 0.05) is 18.3 Å². The molecular formula is C17H26N2O3S. The SMILES string of the molecule is CCN(C(=O)CNc1ccc(C(C)C)cc1)C1CCS(=O)(=O)C1. The Kier molecular flexibility index (Phi) is 5.68. The summed E-state index contributed by atoms with van der Waals surface area (Å²) >= 11 is 0. The van der Waals surface area contributed by atoms with Gasteiger partial charge >= 0.3 is 0 Å². The fourth-order valence-corrected chi connectivity index (χ4v) is 4.66. The highest BCUT2D eigenvalue weighted by molar-refractivity contribution is 7.91. The van der Waals surface area contributed by atoms with Crippen LogP contribution in [0.2, 0.25) is 0 Å². The van der Waals surface area contributed by atoms with Crippen molar-refractivity contribution in [3.8, 4) is 0 Å². The minimum Gasteiger partial charge on any atom is -0.376 e. The van der Waals surface area contributed by atoms with Gasteiger partial charge in [0.1, 0.15) is 0 Å². The molecule has 2 rings (SSSR count). The highest BCUT2D eigenvalue weighted by atomic mass is 32.2. The van der Waals surface area contributed by atoms with Crippen LogP contribution in [-0.4, -0.2) is 49.9 Å². The fraction of sp³-hybridized carbons (Fsp3) is 0.588. The summed E-state index contributed by atoms with van der Waals surface area (Å²) in [5, 5.41) is 3.13.